The normalized spacial score (nSPS) is 18.6. The first-order valence-electron chi connectivity index (χ1n) is 20.1. The number of fused-ring (bicyclic) bond motifs is 1. The highest BCUT2D eigenvalue weighted by Gasteiger charge is 2.45. The van der Waals surface area contributed by atoms with E-state index < -0.39 is 25.6 Å². The fraction of sp³-hybridized carbons (Fsp3) is 0.675. The summed E-state index contributed by atoms with van der Waals surface area (Å²) in [6, 6.07) is 11.0. The number of phosphoric acid groups is 1. The number of rotatable bonds is 29. The number of nitrogens with two attached hydrogens (primary N) is 1. The number of hydrogen-bond acceptors (Lipinski definition) is 12. The van der Waals surface area contributed by atoms with Crippen LogP contribution in [0.25, 0.3) is 5.52 Å². The van der Waals surface area contributed by atoms with Gasteiger partial charge in [0, 0.05) is 12.8 Å². The molecular formula is C40H60N7O7P. The third-order valence-electron chi connectivity index (χ3n) is 9.98. The van der Waals surface area contributed by atoms with E-state index in [2.05, 4.69) is 28.1 Å². The van der Waals surface area contributed by atoms with E-state index in [-0.39, 0.29) is 32.2 Å². The Morgan fingerprint density at radius 1 is 0.945 bits per heavy atom. The van der Waals surface area contributed by atoms with Gasteiger partial charge in [-0.15, -0.1) is 0 Å². The molecule has 3 N–H and O–H groups in total. The van der Waals surface area contributed by atoms with Crippen LogP contribution >= 0.6 is 7.82 Å². The maximum Gasteiger partial charge on any atom is 0.472 e. The van der Waals surface area contributed by atoms with E-state index in [4.69, 9.17) is 34.3 Å². The summed E-state index contributed by atoms with van der Waals surface area (Å²) >= 11 is 0. The van der Waals surface area contributed by atoms with Crippen LogP contribution in [0.15, 0.2) is 36.8 Å². The molecule has 1 aliphatic heterocycles. The summed E-state index contributed by atoms with van der Waals surface area (Å²) in [5, 5.41) is 23.4. The van der Waals surface area contributed by atoms with Crippen molar-refractivity contribution in [3.63, 3.8) is 0 Å². The molecule has 0 radical (unpaired) electrons. The number of nitriles is 2. The van der Waals surface area contributed by atoms with Gasteiger partial charge in [-0.2, -0.15) is 15.6 Å². The van der Waals surface area contributed by atoms with Crippen LogP contribution in [0.1, 0.15) is 139 Å². The second-order valence-corrected chi connectivity index (χ2v) is 15.9. The van der Waals surface area contributed by atoms with Crippen molar-refractivity contribution in [2.24, 2.45) is 0 Å². The third-order valence-corrected chi connectivity index (χ3v) is 10.9. The number of unbranched alkanes of at least 4 members (excludes halogenated alkanes) is 15. The van der Waals surface area contributed by atoms with Gasteiger partial charge >= 0.3 is 7.82 Å². The van der Waals surface area contributed by atoms with Crippen molar-refractivity contribution in [1.29, 1.82) is 10.5 Å². The van der Waals surface area contributed by atoms with Crippen molar-refractivity contribution in [1.82, 2.24) is 19.6 Å². The monoisotopic (exact) mass is 781 g/mol. The first-order chi connectivity index (χ1) is 26.8. The number of pyridine rings is 1. The Morgan fingerprint density at radius 2 is 1.62 bits per heavy atom. The van der Waals surface area contributed by atoms with Crippen LogP contribution in [0, 0.1) is 22.7 Å². The lowest BCUT2D eigenvalue weighted by atomic mass is 9.98. The van der Waals surface area contributed by atoms with Gasteiger partial charge in [-0.3, -0.25) is 14.0 Å². The summed E-state index contributed by atoms with van der Waals surface area (Å²) in [4.78, 5) is 18.8. The van der Waals surface area contributed by atoms with Crippen LogP contribution in [0.3, 0.4) is 0 Å². The van der Waals surface area contributed by atoms with E-state index in [0.717, 1.165) is 12.8 Å². The molecule has 14 nitrogen and oxygen atoms in total. The average molecular weight is 782 g/mol. The van der Waals surface area contributed by atoms with Crippen LogP contribution in [-0.4, -0.2) is 63.1 Å². The zero-order valence-corrected chi connectivity index (χ0v) is 33.4. The summed E-state index contributed by atoms with van der Waals surface area (Å²) in [6.07, 6.45) is 22.8. The molecule has 15 heteroatoms. The molecule has 0 aromatic carbocycles. The van der Waals surface area contributed by atoms with Crippen molar-refractivity contribution in [3.05, 3.63) is 53.7 Å². The van der Waals surface area contributed by atoms with Crippen LogP contribution in [0.5, 0.6) is 0 Å². The molecule has 4 heterocycles. The second kappa shape index (κ2) is 24.2. The number of ether oxygens (including phenoxy) is 3. The first-order valence-corrected chi connectivity index (χ1v) is 21.6. The van der Waals surface area contributed by atoms with Crippen molar-refractivity contribution < 1.29 is 32.7 Å². The largest absolute Gasteiger partial charge is 0.472 e. The lowest BCUT2D eigenvalue weighted by Gasteiger charge is -2.23. The van der Waals surface area contributed by atoms with Crippen LogP contribution in [-0.2, 0) is 40.0 Å². The molecule has 3 aromatic rings. The highest BCUT2D eigenvalue weighted by Crippen LogP contribution is 2.46. The molecular weight excluding hydrogens is 721 g/mol. The Labute approximate surface area is 326 Å². The molecule has 1 aliphatic rings. The molecule has 0 amide bonds. The Kier molecular flexibility index (Phi) is 19.5. The van der Waals surface area contributed by atoms with Gasteiger partial charge in [0.15, 0.2) is 11.4 Å². The second-order valence-electron chi connectivity index (χ2n) is 14.4. The van der Waals surface area contributed by atoms with Crippen molar-refractivity contribution in [2.45, 2.75) is 147 Å². The van der Waals surface area contributed by atoms with Gasteiger partial charge in [-0.1, -0.05) is 103 Å². The molecule has 1 saturated heterocycles. The third kappa shape index (κ3) is 15.2. The molecule has 0 bridgehead atoms. The maximum atomic E-state index is 12.9. The number of nitrogens with zero attached hydrogens (tertiary/aromatic N) is 6. The Hall–Kier alpha value is -3.46. The minimum absolute atomic E-state index is 0.0931. The van der Waals surface area contributed by atoms with Gasteiger partial charge in [0.05, 0.1) is 49.5 Å². The molecule has 0 saturated carbocycles. The molecule has 302 valence electrons. The maximum absolute atomic E-state index is 12.9. The fourth-order valence-electron chi connectivity index (χ4n) is 6.75. The molecule has 1 fully saturated rings. The van der Waals surface area contributed by atoms with Crippen molar-refractivity contribution in [2.75, 3.05) is 32.2 Å². The lowest BCUT2D eigenvalue weighted by Crippen LogP contribution is -2.28. The smallest absolute Gasteiger partial charge is 0.382 e. The molecule has 0 spiro atoms. The van der Waals surface area contributed by atoms with Crippen molar-refractivity contribution in [3.8, 4) is 12.1 Å². The van der Waals surface area contributed by atoms with E-state index >= 15 is 0 Å². The zero-order chi connectivity index (χ0) is 39.2. The summed E-state index contributed by atoms with van der Waals surface area (Å²) in [7, 11) is -4.53. The SMILES string of the molecule is CCCCCCCCCCCCCCCCCCOC[C@H](COP(=O)(O)OC[C@@H]1CC[C@](C#N)(c2ccc3c(N)ncnn23)O1)OCc1ccc(C#N)cn1. The van der Waals surface area contributed by atoms with Crippen LogP contribution in [0.4, 0.5) is 5.82 Å². The average Bonchev–Trinajstić information content (AvgIpc) is 3.84. The number of phosphoric ester groups is 1. The highest BCUT2D eigenvalue weighted by molar-refractivity contribution is 7.47. The molecule has 0 aliphatic carbocycles. The number of aromatic nitrogens is 4. The summed E-state index contributed by atoms with van der Waals surface area (Å²) in [6.45, 7) is 2.50. The Morgan fingerprint density at radius 3 is 2.24 bits per heavy atom. The van der Waals surface area contributed by atoms with Crippen LogP contribution in [0.2, 0.25) is 0 Å². The first kappa shape index (κ1) is 44.3. The van der Waals surface area contributed by atoms with E-state index in [0.29, 0.717) is 41.9 Å². The fourth-order valence-corrected chi connectivity index (χ4v) is 7.54. The van der Waals surface area contributed by atoms with Gasteiger partial charge in [-0.25, -0.2) is 14.1 Å². The topological polar surface area (TPSA) is 200 Å². The Bertz CT molecular complexity index is 1680. The highest BCUT2D eigenvalue weighted by atomic mass is 31.2. The van der Waals surface area contributed by atoms with E-state index in [1.807, 2.05) is 6.07 Å². The van der Waals surface area contributed by atoms with E-state index in [1.165, 1.54) is 107 Å². The number of anilines is 1. The quantitative estimate of drug-likeness (QED) is 0.0502. The molecule has 55 heavy (non-hydrogen) atoms. The molecule has 3 aromatic heterocycles. The molecule has 4 atom stereocenters. The summed E-state index contributed by atoms with van der Waals surface area (Å²) in [5.74, 6) is 0.270. The standard InChI is InChI=1S/C40H60N7O7P/c1-2-3-4-5-6-7-8-9-10-11-12-13-14-15-16-17-24-50-28-36(51-27-34-19-18-33(25-41)26-44-34)30-53-55(48,49)52-29-35-22-23-40(31-42,54-35)38-21-20-37-39(43)45-32-46-47(37)38/h18-21,26,32,35-36H,2-17,22-24,27-30H2,1H3,(H,48,49)(H2,43,45,46)/t35-,36+,40-/m0/s1. The van der Waals surface area contributed by atoms with Gasteiger partial charge < -0.3 is 24.8 Å². The van der Waals surface area contributed by atoms with Gasteiger partial charge in [0.25, 0.3) is 0 Å². The number of nitrogen functional groups attached to an aromatic ring is 1. The van der Waals surface area contributed by atoms with Gasteiger partial charge in [0.2, 0.25) is 0 Å². The lowest BCUT2D eigenvalue weighted by molar-refractivity contribution is -0.0566. The minimum atomic E-state index is -4.53. The molecule has 1 unspecified atom stereocenters. The van der Waals surface area contributed by atoms with E-state index in [9.17, 15) is 14.7 Å². The van der Waals surface area contributed by atoms with E-state index in [1.54, 1.807) is 24.3 Å². The summed E-state index contributed by atoms with van der Waals surface area (Å²) in [5.41, 5.74) is 6.67. The zero-order valence-electron chi connectivity index (χ0n) is 32.5. The minimum Gasteiger partial charge on any atom is -0.382 e. The predicted molar refractivity (Wildman–Crippen MR) is 208 cm³/mol. The molecule has 4 rings (SSSR count). The van der Waals surface area contributed by atoms with Gasteiger partial charge in [0.1, 0.15) is 30.1 Å². The predicted octanol–water partition coefficient (Wildman–Crippen LogP) is 8.47. The number of hydrogen-bond donors (Lipinski definition) is 2. The van der Waals surface area contributed by atoms with Gasteiger partial charge in [-0.05, 0) is 43.5 Å². The Balaban J connectivity index is 1.14. The summed E-state index contributed by atoms with van der Waals surface area (Å²) < 4.78 is 43.1. The van der Waals surface area contributed by atoms with Crippen molar-refractivity contribution >= 4 is 19.2 Å². The van der Waals surface area contributed by atoms with Crippen LogP contribution < -0.4 is 5.73 Å².